The highest BCUT2D eigenvalue weighted by atomic mass is 16.5. The summed E-state index contributed by atoms with van der Waals surface area (Å²) in [6, 6.07) is 8.52. The molecule has 17 heavy (non-hydrogen) atoms. The lowest BCUT2D eigenvalue weighted by Crippen LogP contribution is -2.29. The van der Waals surface area contributed by atoms with Crippen molar-refractivity contribution in [2.24, 2.45) is 0 Å². The minimum Gasteiger partial charge on any atom is -0.497 e. The minimum absolute atomic E-state index is 0.105. The normalized spacial score (nSPS) is 12.8. The highest BCUT2D eigenvalue weighted by Gasteiger charge is 2.11. The molecule has 0 aliphatic rings. The Morgan fingerprint density at radius 3 is 2.29 bits per heavy atom. The van der Waals surface area contributed by atoms with Crippen LogP contribution >= 0.6 is 0 Å². The van der Waals surface area contributed by atoms with E-state index in [2.05, 4.69) is 31.3 Å². The standard InChI is InChI=1S/C14H23NO2/c1-5-17-14(10-15-11(2)3)12-6-8-13(16-4)9-7-12/h6-9,11,14-15H,5,10H2,1-4H3. The first-order valence-corrected chi connectivity index (χ1v) is 6.16. The van der Waals surface area contributed by atoms with E-state index in [0.29, 0.717) is 6.04 Å². The van der Waals surface area contributed by atoms with Crippen molar-refractivity contribution in [2.45, 2.75) is 32.9 Å². The minimum atomic E-state index is 0.105. The van der Waals surface area contributed by atoms with E-state index in [9.17, 15) is 0 Å². The van der Waals surface area contributed by atoms with Crippen molar-refractivity contribution >= 4 is 0 Å². The van der Waals surface area contributed by atoms with Crippen molar-refractivity contribution in [3.8, 4) is 5.75 Å². The van der Waals surface area contributed by atoms with Crippen LogP contribution in [-0.2, 0) is 4.74 Å². The summed E-state index contributed by atoms with van der Waals surface area (Å²) in [5.41, 5.74) is 1.18. The number of hydrogen-bond acceptors (Lipinski definition) is 3. The molecular weight excluding hydrogens is 214 g/mol. The monoisotopic (exact) mass is 237 g/mol. The maximum Gasteiger partial charge on any atom is 0.118 e. The van der Waals surface area contributed by atoms with E-state index in [-0.39, 0.29) is 6.10 Å². The molecule has 0 aliphatic heterocycles. The van der Waals surface area contributed by atoms with Crippen molar-refractivity contribution in [1.29, 1.82) is 0 Å². The number of rotatable bonds is 7. The Balaban J connectivity index is 2.67. The number of benzene rings is 1. The van der Waals surface area contributed by atoms with E-state index in [1.54, 1.807) is 7.11 Å². The van der Waals surface area contributed by atoms with Crippen molar-refractivity contribution < 1.29 is 9.47 Å². The Bertz CT molecular complexity index is 309. The molecule has 3 nitrogen and oxygen atoms in total. The largest absolute Gasteiger partial charge is 0.497 e. The van der Waals surface area contributed by atoms with Crippen molar-refractivity contribution in [1.82, 2.24) is 5.32 Å². The topological polar surface area (TPSA) is 30.5 Å². The summed E-state index contributed by atoms with van der Waals surface area (Å²) in [6.07, 6.45) is 0.105. The molecule has 0 aromatic heterocycles. The second-order valence-electron chi connectivity index (χ2n) is 4.28. The fraction of sp³-hybridized carbons (Fsp3) is 0.571. The fourth-order valence-electron chi connectivity index (χ4n) is 1.64. The second kappa shape index (κ2) is 7.30. The van der Waals surface area contributed by atoms with Crippen LogP contribution in [0.5, 0.6) is 5.75 Å². The van der Waals surface area contributed by atoms with Crippen LogP contribution in [0.25, 0.3) is 0 Å². The molecule has 0 saturated heterocycles. The van der Waals surface area contributed by atoms with Gasteiger partial charge in [-0.25, -0.2) is 0 Å². The van der Waals surface area contributed by atoms with Gasteiger partial charge in [0, 0.05) is 19.2 Å². The highest BCUT2D eigenvalue weighted by Crippen LogP contribution is 2.20. The van der Waals surface area contributed by atoms with Gasteiger partial charge in [-0.3, -0.25) is 0 Å². The maximum atomic E-state index is 5.75. The summed E-state index contributed by atoms with van der Waals surface area (Å²) in [4.78, 5) is 0. The van der Waals surface area contributed by atoms with Crippen LogP contribution in [0, 0.1) is 0 Å². The van der Waals surface area contributed by atoms with Crippen LogP contribution < -0.4 is 10.1 Å². The van der Waals surface area contributed by atoms with Crippen LogP contribution in [0.2, 0.25) is 0 Å². The van der Waals surface area contributed by atoms with Gasteiger partial charge in [0.15, 0.2) is 0 Å². The van der Waals surface area contributed by atoms with Crippen LogP contribution in [0.15, 0.2) is 24.3 Å². The van der Waals surface area contributed by atoms with Gasteiger partial charge >= 0.3 is 0 Å². The zero-order valence-corrected chi connectivity index (χ0v) is 11.2. The SMILES string of the molecule is CCOC(CNC(C)C)c1ccc(OC)cc1. The molecule has 0 aliphatic carbocycles. The molecule has 1 atom stereocenters. The lowest BCUT2D eigenvalue weighted by molar-refractivity contribution is 0.0609. The van der Waals surface area contributed by atoms with Gasteiger partial charge in [-0.15, -0.1) is 0 Å². The smallest absolute Gasteiger partial charge is 0.118 e. The fourth-order valence-corrected chi connectivity index (χ4v) is 1.64. The predicted octanol–water partition coefficient (Wildman–Crippen LogP) is 2.77. The number of ether oxygens (including phenoxy) is 2. The first-order valence-electron chi connectivity index (χ1n) is 6.16. The van der Waals surface area contributed by atoms with Gasteiger partial charge in [-0.2, -0.15) is 0 Å². The van der Waals surface area contributed by atoms with Crippen LogP contribution in [0.3, 0.4) is 0 Å². The lowest BCUT2D eigenvalue weighted by Gasteiger charge is -2.20. The maximum absolute atomic E-state index is 5.75. The third-order valence-electron chi connectivity index (χ3n) is 2.57. The van der Waals surface area contributed by atoms with Gasteiger partial charge in [0.1, 0.15) is 5.75 Å². The third-order valence-corrected chi connectivity index (χ3v) is 2.57. The van der Waals surface area contributed by atoms with E-state index in [0.717, 1.165) is 18.9 Å². The Morgan fingerprint density at radius 1 is 1.18 bits per heavy atom. The Labute approximate surface area is 104 Å². The van der Waals surface area contributed by atoms with Gasteiger partial charge < -0.3 is 14.8 Å². The van der Waals surface area contributed by atoms with E-state index < -0.39 is 0 Å². The number of nitrogens with one attached hydrogen (secondary N) is 1. The molecule has 0 fully saturated rings. The zero-order chi connectivity index (χ0) is 12.7. The highest BCUT2D eigenvalue weighted by molar-refractivity contribution is 5.28. The van der Waals surface area contributed by atoms with Gasteiger partial charge in [0.05, 0.1) is 13.2 Å². The van der Waals surface area contributed by atoms with Gasteiger partial charge in [-0.05, 0) is 24.6 Å². The van der Waals surface area contributed by atoms with Crippen LogP contribution in [0.1, 0.15) is 32.4 Å². The quantitative estimate of drug-likeness (QED) is 0.791. The summed E-state index contributed by atoms with van der Waals surface area (Å²) in [5.74, 6) is 0.876. The molecule has 3 heteroatoms. The Morgan fingerprint density at radius 2 is 1.82 bits per heavy atom. The second-order valence-corrected chi connectivity index (χ2v) is 4.28. The average molecular weight is 237 g/mol. The van der Waals surface area contributed by atoms with Crippen molar-refractivity contribution in [3.63, 3.8) is 0 Å². The first kappa shape index (κ1) is 14.0. The summed E-state index contributed by atoms with van der Waals surface area (Å²) in [5, 5.41) is 3.40. The molecule has 0 radical (unpaired) electrons. The molecule has 1 rings (SSSR count). The van der Waals surface area contributed by atoms with Gasteiger partial charge in [0.2, 0.25) is 0 Å². The first-order chi connectivity index (χ1) is 8.17. The molecule has 96 valence electrons. The lowest BCUT2D eigenvalue weighted by atomic mass is 10.1. The molecule has 0 amide bonds. The van der Waals surface area contributed by atoms with E-state index in [1.165, 1.54) is 5.56 Å². The molecule has 0 spiro atoms. The molecule has 1 N–H and O–H groups in total. The Kier molecular flexibility index (Phi) is 6.01. The number of hydrogen-bond donors (Lipinski definition) is 1. The average Bonchev–Trinajstić information content (AvgIpc) is 2.34. The van der Waals surface area contributed by atoms with E-state index in [4.69, 9.17) is 9.47 Å². The molecule has 0 heterocycles. The molecule has 1 aromatic rings. The van der Waals surface area contributed by atoms with Crippen molar-refractivity contribution in [3.05, 3.63) is 29.8 Å². The molecule has 0 saturated carbocycles. The molecule has 1 unspecified atom stereocenters. The summed E-state index contributed by atoms with van der Waals surface area (Å²) in [7, 11) is 1.68. The summed E-state index contributed by atoms with van der Waals surface area (Å²) >= 11 is 0. The molecule has 1 aromatic carbocycles. The summed E-state index contributed by atoms with van der Waals surface area (Å²) < 4.78 is 10.9. The van der Waals surface area contributed by atoms with Gasteiger partial charge in [-0.1, -0.05) is 26.0 Å². The van der Waals surface area contributed by atoms with Gasteiger partial charge in [0.25, 0.3) is 0 Å². The molecular formula is C14H23NO2. The molecule has 0 bridgehead atoms. The predicted molar refractivity (Wildman–Crippen MR) is 70.5 cm³/mol. The van der Waals surface area contributed by atoms with Crippen LogP contribution in [0.4, 0.5) is 0 Å². The van der Waals surface area contributed by atoms with Crippen molar-refractivity contribution in [2.75, 3.05) is 20.3 Å². The van der Waals surface area contributed by atoms with Crippen LogP contribution in [-0.4, -0.2) is 26.3 Å². The van der Waals surface area contributed by atoms with E-state index in [1.807, 2.05) is 19.1 Å². The summed E-state index contributed by atoms with van der Waals surface area (Å²) in [6.45, 7) is 7.84. The Hall–Kier alpha value is -1.06. The van der Waals surface area contributed by atoms with E-state index >= 15 is 0 Å². The number of methoxy groups -OCH3 is 1. The third kappa shape index (κ3) is 4.75. The zero-order valence-electron chi connectivity index (χ0n) is 11.2.